The van der Waals surface area contributed by atoms with Gasteiger partial charge in [0.15, 0.2) is 0 Å². The Morgan fingerprint density at radius 3 is 2.58 bits per heavy atom. The second kappa shape index (κ2) is 9.45. The van der Waals surface area contributed by atoms with E-state index in [1.807, 2.05) is 6.92 Å². The molecule has 0 saturated carbocycles. The van der Waals surface area contributed by atoms with Crippen molar-refractivity contribution in [2.24, 2.45) is 11.7 Å². The van der Waals surface area contributed by atoms with Crippen molar-refractivity contribution in [1.29, 1.82) is 0 Å². The molecule has 0 aromatic carbocycles. The molecule has 0 bridgehead atoms. The third-order valence-corrected chi connectivity index (χ3v) is 7.05. The average molecular weight is 425 g/mol. The number of hydrogen-bond acceptors (Lipinski definition) is 5. The first kappa shape index (κ1) is 23.3. The van der Waals surface area contributed by atoms with Gasteiger partial charge in [0.2, 0.25) is 10.0 Å². The Kier molecular flexibility index (Phi) is 8.47. The summed E-state index contributed by atoms with van der Waals surface area (Å²) >= 11 is 1.74. The van der Waals surface area contributed by atoms with Crippen LogP contribution in [0.1, 0.15) is 37.7 Å². The van der Waals surface area contributed by atoms with Crippen LogP contribution in [0.4, 0.5) is 0 Å². The fraction of sp³-hybridized carbons (Fsp3) is 0.688. The van der Waals surface area contributed by atoms with E-state index in [4.69, 9.17) is 5.73 Å². The monoisotopic (exact) mass is 424 g/mol. The second-order valence-electron chi connectivity index (χ2n) is 7.08. The molecule has 1 aliphatic heterocycles. The molecule has 1 aromatic heterocycles. The lowest BCUT2D eigenvalue weighted by Crippen LogP contribution is -2.52. The summed E-state index contributed by atoms with van der Waals surface area (Å²) in [6.45, 7) is 7.34. The predicted molar refractivity (Wildman–Crippen MR) is 109 cm³/mol. The lowest BCUT2D eigenvalue weighted by atomic mass is 9.90. The number of thioether (sulfide) groups is 1. The van der Waals surface area contributed by atoms with Crippen molar-refractivity contribution < 1.29 is 13.2 Å². The normalized spacial score (nSPS) is 18.2. The number of rotatable bonds is 7. The Morgan fingerprint density at radius 1 is 1.42 bits per heavy atom. The van der Waals surface area contributed by atoms with Crippen molar-refractivity contribution in [2.75, 3.05) is 31.1 Å². The minimum Gasteiger partial charge on any atom is -0.356 e. The van der Waals surface area contributed by atoms with Gasteiger partial charge < -0.3 is 16.0 Å². The maximum absolute atomic E-state index is 12.7. The topological polar surface area (TPSA) is 108 Å². The summed E-state index contributed by atoms with van der Waals surface area (Å²) in [4.78, 5) is 15.4. The van der Waals surface area contributed by atoms with Crippen LogP contribution < -0.4 is 11.1 Å². The summed E-state index contributed by atoms with van der Waals surface area (Å²) < 4.78 is 26.8. The number of nitrogens with zero attached hydrogens (tertiary/aromatic N) is 1. The number of aromatic nitrogens is 1. The zero-order chi connectivity index (χ0) is 18.7. The Hall–Kier alpha value is -0.740. The third-order valence-electron chi connectivity index (χ3n) is 4.23. The van der Waals surface area contributed by atoms with Gasteiger partial charge in [-0.05, 0) is 25.3 Å². The molecule has 1 unspecified atom stereocenters. The number of hydrogen-bond donors (Lipinski definition) is 3. The van der Waals surface area contributed by atoms with E-state index in [0.717, 1.165) is 17.9 Å². The van der Waals surface area contributed by atoms with E-state index in [9.17, 15) is 13.2 Å². The first-order valence-corrected chi connectivity index (χ1v) is 11.1. The second-order valence-corrected chi connectivity index (χ2v) is 10.2. The summed E-state index contributed by atoms with van der Waals surface area (Å²) in [5, 5.41) is 2.93. The fourth-order valence-corrected chi connectivity index (χ4v) is 5.59. The molecule has 1 aromatic rings. The Labute approximate surface area is 166 Å². The smallest absolute Gasteiger partial charge is 0.268 e. The number of aromatic amines is 1. The highest BCUT2D eigenvalue weighted by Gasteiger charge is 2.30. The number of amides is 1. The molecule has 1 aliphatic rings. The minimum absolute atomic E-state index is 0. The van der Waals surface area contributed by atoms with Gasteiger partial charge in [0.25, 0.3) is 5.91 Å². The summed E-state index contributed by atoms with van der Waals surface area (Å²) in [7, 11) is -3.56. The van der Waals surface area contributed by atoms with Gasteiger partial charge in [0, 0.05) is 37.3 Å². The van der Waals surface area contributed by atoms with E-state index in [2.05, 4.69) is 24.1 Å². The Balaban J connectivity index is 0.00000338. The van der Waals surface area contributed by atoms with Gasteiger partial charge in [0.05, 0.1) is 5.54 Å². The number of halogens is 1. The van der Waals surface area contributed by atoms with Crippen LogP contribution in [0.2, 0.25) is 0 Å². The van der Waals surface area contributed by atoms with Crippen molar-refractivity contribution in [3.63, 3.8) is 0 Å². The maximum atomic E-state index is 12.7. The Morgan fingerprint density at radius 2 is 2.04 bits per heavy atom. The molecule has 10 heteroatoms. The molecule has 0 aliphatic carbocycles. The predicted octanol–water partition coefficient (Wildman–Crippen LogP) is 1.67. The molecular formula is C16H29ClN4O3S2. The van der Waals surface area contributed by atoms with Crippen LogP contribution >= 0.6 is 24.2 Å². The van der Waals surface area contributed by atoms with E-state index >= 15 is 0 Å². The average Bonchev–Trinajstić information content (AvgIpc) is 3.06. The zero-order valence-electron chi connectivity index (χ0n) is 15.4. The third kappa shape index (κ3) is 5.63. The van der Waals surface area contributed by atoms with Crippen LogP contribution in [0.5, 0.6) is 0 Å². The quantitative estimate of drug-likeness (QED) is 0.616. The molecule has 1 amide bonds. The summed E-state index contributed by atoms with van der Waals surface area (Å²) in [6.07, 6.45) is 2.13. The molecule has 2 rings (SSSR count). The van der Waals surface area contributed by atoms with Crippen LogP contribution in [-0.4, -0.2) is 60.3 Å². The molecule has 150 valence electrons. The molecule has 26 heavy (non-hydrogen) atoms. The van der Waals surface area contributed by atoms with E-state index in [1.54, 1.807) is 11.8 Å². The van der Waals surface area contributed by atoms with Gasteiger partial charge in [-0.25, -0.2) is 8.42 Å². The van der Waals surface area contributed by atoms with Gasteiger partial charge in [-0.3, -0.25) is 4.79 Å². The standard InChI is InChI=1S/C16H28N4O3S2.ClH/c1-12(2)9-16(3,11-17)19-15(21)14-8-13(10-18-14)25(22,23)20-4-6-24-7-5-20;/h8,10,12,18H,4-7,9,11,17H2,1-3H3,(H,19,21);1H. The number of nitrogens with two attached hydrogens (primary N) is 1. The van der Waals surface area contributed by atoms with Crippen LogP contribution in [0.3, 0.4) is 0 Å². The molecule has 0 radical (unpaired) electrons. The van der Waals surface area contributed by atoms with Crippen LogP contribution in [0.25, 0.3) is 0 Å². The van der Waals surface area contributed by atoms with Gasteiger partial charge >= 0.3 is 0 Å². The first-order valence-electron chi connectivity index (χ1n) is 8.47. The van der Waals surface area contributed by atoms with Crippen LogP contribution in [0, 0.1) is 5.92 Å². The highest BCUT2D eigenvalue weighted by molar-refractivity contribution is 7.99. The molecule has 1 atom stereocenters. The molecule has 4 N–H and O–H groups in total. The van der Waals surface area contributed by atoms with Gasteiger partial charge in [-0.1, -0.05) is 13.8 Å². The molecule has 1 saturated heterocycles. The number of H-pyrrole nitrogens is 1. The minimum atomic E-state index is -3.56. The van der Waals surface area contributed by atoms with Gasteiger partial charge in [-0.15, -0.1) is 12.4 Å². The molecule has 0 spiro atoms. The van der Waals surface area contributed by atoms with E-state index in [1.165, 1.54) is 16.6 Å². The van der Waals surface area contributed by atoms with E-state index < -0.39 is 15.6 Å². The van der Waals surface area contributed by atoms with E-state index in [0.29, 0.717) is 25.6 Å². The molecule has 1 fully saturated rings. The highest BCUT2D eigenvalue weighted by Crippen LogP contribution is 2.21. The van der Waals surface area contributed by atoms with Gasteiger partial charge in [-0.2, -0.15) is 16.1 Å². The molecular weight excluding hydrogens is 396 g/mol. The largest absolute Gasteiger partial charge is 0.356 e. The fourth-order valence-electron chi connectivity index (χ4n) is 3.02. The maximum Gasteiger partial charge on any atom is 0.268 e. The van der Waals surface area contributed by atoms with Crippen LogP contribution in [0.15, 0.2) is 17.2 Å². The SMILES string of the molecule is CC(C)CC(C)(CN)NC(=O)c1cc(S(=O)(=O)N2CCSCC2)c[nH]1.Cl. The van der Waals surface area contributed by atoms with Crippen molar-refractivity contribution in [1.82, 2.24) is 14.6 Å². The van der Waals surface area contributed by atoms with Crippen LogP contribution in [-0.2, 0) is 10.0 Å². The first-order chi connectivity index (χ1) is 11.7. The molecule has 7 nitrogen and oxygen atoms in total. The number of carbonyl (C=O) groups excluding carboxylic acids is 1. The summed E-state index contributed by atoms with van der Waals surface area (Å²) in [5.74, 6) is 1.62. The van der Waals surface area contributed by atoms with Crippen molar-refractivity contribution >= 4 is 40.1 Å². The van der Waals surface area contributed by atoms with Crippen molar-refractivity contribution in [2.45, 2.75) is 37.6 Å². The van der Waals surface area contributed by atoms with E-state index in [-0.39, 0.29) is 28.9 Å². The summed E-state index contributed by atoms with van der Waals surface area (Å²) in [6, 6.07) is 1.40. The molecule has 2 heterocycles. The van der Waals surface area contributed by atoms with Crippen molar-refractivity contribution in [3.05, 3.63) is 18.0 Å². The number of sulfonamides is 1. The Bertz CT molecular complexity index is 702. The number of carbonyl (C=O) groups is 1. The lowest BCUT2D eigenvalue weighted by molar-refractivity contribution is 0.0893. The lowest BCUT2D eigenvalue weighted by Gasteiger charge is -2.31. The number of nitrogens with one attached hydrogen (secondary N) is 2. The van der Waals surface area contributed by atoms with Crippen molar-refractivity contribution in [3.8, 4) is 0 Å². The summed E-state index contributed by atoms with van der Waals surface area (Å²) in [5.41, 5.74) is 5.53. The zero-order valence-corrected chi connectivity index (χ0v) is 17.9. The van der Waals surface area contributed by atoms with Gasteiger partial charge in [0.1, 0.15) is 10.6 Å². The highest BCUT2D eigenvalue weighted by atomic mass is 35.5.